The van der Waals surface area contributed by atoms with Gasteiger partial charge in [-0.25, -0.2) is 4.98 Å². The van der Waals surface area contributed by atoms with Crippen LogP contribution in [0.3, 0.4) is 0 Å². The summed E-state index contributed by atoms with van der Waals surface area (Å²) in [6.45, 7) is 0.701. The normalized spacial score (nSPS) is 18.1. The van der Waals surface area contributed by atoms with Gasteiger partial charge in [0.2, 0.25) is 5.88 Å². The number of methoxy groups -OCH3 is 2. The Balaban J connectivity index is 2.34. The van der Waals surface area contributed by atoms with E-state index in [0.717, 1.165) is 22.2 Å². The van der Waals surface area contributed by atoms with E-state index in [4.69, 9.17) is 14.2 Å². The lowest BCUT2D eigenvalue weighted by atomic mass is 10.1. The summed E-state index contributed by atoms with van der Waals surface area (Å²) in [5.74, 6) is 1.39. The number of fused-ring (bicyclic) bond motifs is 1. The van der Waals surface area contributed by atoms with E-state index < -0.39 is 0 Å². The quantitative estimate of drug-likeness (QED) is 0.760. The van der Waals surface area contributed by atoms with Crippen molar-refractivity contribution >= 4 is 10.9 Å². The molecule has 2 aromatic rings. The summed E-state index contributed by atoms with van der Waals surface area (Å²) in [6, 6.07) is 7.85. The van der Waals surface area contributed by atoms with E-state index in [1.807, 2.05) is 24.3 Å². The van der Waals surface area contributed by atoms with Crippen LogP contribution in [0.5, 0.6) is 11.6 Å². The monoisotopic (exact) mass is 231 g/mol. The first kappa shape index (κ1) is 10.4. The van der Waals surface area contributed by atoms with Gasteiger partial charge in [-0.05, 0) is 12.1 Å². The molecule has 1 aliphatic heterocycles. The number of aromatic nitrogens is 1. The van der Waals surface area contributed by atoms with Crippen LogP contribution in [0.4, 0.5) is 0 Å². The molecule has 0 aliphatic carbocycles. The highest BCUT2D eigenvalue weighted by Gasteiger charge is 2.33. The summed E-state index contributed by atoms with van der Waals surface area (Å²) in [5, 5.41) is 0.987. The molecule has 1 aromatic heterocycles. The minimum Gasteiger partial charge on any atom is -0.495 e. The molecular formula is C13H13NO3. The van der Waals surface area contributed by atoms with E-state index >= 15 is 0 Å². The second kappa shape index (κ2) is 3.89. The first-order valence-corrected chi connectivity index (χ1v) is 5.47. The van der Waals surface area contributed by atoms with Crippen molar-refractivity contribution in [2.24, 2.45) is 0 Å². The van der Waals surface area contributed by atoms with Gasteiger partial charge in [-0.15, -0.1) is 0 Å². The summed E-state index contributed by atoms with van der Waals surface area (Å²) in [7, 11) is 3.27. The zero-order valence-corrected chi connectivity index (χ0v) is 9.77. The van der Waals surface area contributed by atoms with E-state index in [9.17, 15) is 0 Å². The van der Waals surface area contributed by atoms with Gasteiger partial charge in [-0.3, -0.25) is 0 Å². The molecule has 4 heteroatoms. The molecule has 1 aromatic carbocycles. The zero-order chi connectivity index (χ0) is 11.8. The van der Waals surface area contributed by atoms with Crippen molar-refractivity contribution in [2.75, 3.05) is 20.8 Å². The average molecular weight is 231 g/mol. The number of rotatable bonds is 3. The Morgan fingerprint density at radius 2 is 2.00 bits per heavy atom. The number of pyridine rings is 1. The van der Waals surface area contributed by atoms with Crippen LogP contribution in [0.25, 0.3) is 10.9 Å². The van der Waals surface area contributed by atoms with Crippen LogP contribution in [0.15, 0.2) is 24.3 Å². The van der Waals surface area contributed by atoms with Gasteiger partial charge in [0.1, 0.15) is 11.9 Å². The van der Waals surface area contributed by atoms with Crippen LogP contribution in [0.1, 0.15) is 11.7 Å². The molecule has 1 atom stereocenters. The Labute approximate surface area is 99.1 Å². The second-order valence-corrected chi connectivity index (χ2v) is 3.91. The third-order valence-electron chi connectivity index (χ3n) is 2.90. The van der Waals surface area contributed by atoms with Crippen LogP contribution in [-0.2, 0) is 4.74 Å². The topological polar surface area (TPSA) is 43.9 Å². The van der Waals surface area contributed by atoms with Crippen molar-refractivity contribution < 1.29 is 14.2 Å². The van der Waals surface area contributed by atoms with E-state index in [2.05, 4.69) is 4.98 Å². The molecule has 0 spiro atoms. The molecule has 2 heterocycles. The summed E-state index contributed by atoms with van der Waals surface area (Å²) in [4.78, 5) is 4.48. The predicted molar refractivity (Wildman–Crippen MR) is 63.5 cm³/mol. The van der Waals surface area contributed by atoms with Crippen LogP contribution >= 0.6 is 0 Å². The SMILES string of the molecule is COc1nc2ccccc2c(OC)c1C1CO1. The Kier molecular flexibility index (Phi) is 2.37. The minimum absolute atomic E-state index is 0.0528. The standard InChI is InChI=1S/C13H13NO3/c1-15-12-8-5-3-4-6-9(8)14-13(16-2)11(12)10-7-17-10/h3-6,10H,7H2,1-2H3. The second-order valence-electron chi connectivity index (χ2n) is 3.91. The first-order chi connectivity index (χ1) is 8.35. The Morgan fingerprint density at radius 3 is 2.65 bits per heavy atom. The Hall–Kier alpha value is -1.81. The molecular weight excluding hydrogens is 218 g/mol. The largest absolute Gasteiger partial charge is 0.495 e. The fourth-order valence-electron chi connectivity index (χ4n) is 2.05. The van der Waals surface area contributed by atoms with Gasteiger partial charge in [0, 0.05) is 5.39 Å². The van der Waals surface area contributed by atoms with Gasteiger partial charge in [-0.2, -0.15) is 0 Å². The molecule has 1 unspecified atom stereocenters. The minimum atomic E-state index is 0.0528. The Morgan fingerprint density at radius 1 is 1.24 bits per heavy atom. The smallest absolute Gasteiger partial charge is 0.223 e. The fraction of sp³-hybridized carbons (Fsp3) is 0.308. The molecule has 3 rings (SSSR count). The number of hydrogen-bond acceptors (Lipinski definition) is 4. The van der Waals surface area contributed by atoms with Gasteiger partial charge in [0.25, 0.3) is 0 Å². The van der Waals surface area contributed by atoms with Gasteiger partial charge in [0.05, 0.1) is 31.9 Å². The molecule has 1 aliphatic rings. The zero-order valence-electron chi connectivity index (χ0n) is 9.77. The molecule has 0 amide bonds. The molecule has 0 bridgehead atoms. The molecule has 1 fully saturated rings. The number of hydrogen-bond donors (Lipinski definition) is 0. The third-order valence-corrected chi connectivity index (χ3v) is 2.90. The van der Waals surface area contributed by atoms with Gasteiger partial charge in [-0.1, -0.05) is 12.1 Å². The fourth-order valence-corrected chi connectivity index (χ4v) is 2.05. The van der Waals surface area contributed by atoms with Crippen LogP contribution in [0, 0.1) is 0 Å². The van der Waals surface area contributed by atoms with Crippen molar-refractivity contribution in [1.29, 1.82) is 0 Å². The molecule has 1 saturated heterocycles. The summed E-state index contributed by atoms with van der Waals surface area (Å²) in [6.07, 6.45) is 0.0528. The van der Waals surface area contributed by atoms with E-state index in [0.29, 0.717) is 12.5 Å². The lowest BCUT2D eigenvalue weighted by molar-refractivity contribution is 0.354. The number of epoxide rings is 1. The van der Waals surface area contributed by atoms with Crippen molar-refractivity contribution in [3.63, 3.8) is 0 Å². The average Bonchev–Trinajstić information content (AvgIpc) is 3.20. The van der Waals surface area contributed by atoms with Crippen LogP contribution < -0.4 is 9.47 Å². The van der Waals surface area contributed by atoms with Crippen LogP contribution in [0.2, 0.25) is 0 Å². The molecule has 0 saturated carbocycles. The molecule has 88 valence electrons. The number of ether oxygens (including phenoxy) is 3. The third kappa shape index (κ3) is 1.61. The molecule has 0 N–H and O–H groups in total. The van der Waals surface area contributed by atoms with Crippen molar-refractivity contribution in [2.45, 2.75) is 6.10 Å². The van der Waals surface area contributed by atoms with Gasteiger partial charge < -0.3 is 14.2 Å². The van der Waals surface area contributed by atoms with Crippen LogP contribution in [-0.4, -0.2) is 25.8 Å². The van der Waals surface area contributed by atoms with E-state index in [1.54, 1.807) is 14.2 Å². The summed E-state index contributed by atoms with van der Waals surface area (Å²) < 4.78 is 16.2. The van der Waals surface area contributed by atoms with E-state index in [-0.39, 0.29) is 6.10 Å². The Bertz CT molecular complexity index is 564. The molecule has 0 radical (unpaired) electrons. The van der Waals surface area contributed by atoms with E-state index in [1.165, 1.54) is 0 Å². The number of para-hydroxylation sites is 1. The maximum Gasteiger partial charge on any atom is 0.223 e. The number of nitrogens with zero attached hydrogens (tertiary/aromatic N) is 1. The molecule has 4 nitrogen and oxygen atoms in total. The summed E-state index contributed by atoms with van der Waals surface area (Å²) >= 11 is 0. The lowest BCUT2D eigenvalue weighted by Crippen LogP contribution is -2.00. The van der Waals surface area contributed by atoms with Gasteiger partial charge >= 0.3 is 0 Å². The summed E-state index contributed by atoms with van der Waals surface area (Å²) in [5.41, 5.74) is 1.78. The maximum atomic E-state index is 5.50. The highest BCUT2D eigenvalue weighted by Crippen LogP contribution is 2.44. The first-order valence-electron chi connectivity index (χ1n) is 5.47. The molecule has 17 heavy (non-hydrogen) atoms. The maximum absolute atomic E-state index is 5.50. The highest BCUT2D eigenvalue weighted by atomic mass is 16.6. The van der Waals surface area contributed by atoms with Crippen molar-refractivity contribution in [1.82, 2.24) is 4.98 Å². The van der Waals surface area contributed by atoms with Crippen molar-refractivity contribution in [3.05, 3.63) is 29.8 Å². The number of benzene rings is 1. The highest BCUT2D eigenvalue weighted by molar-refractivity contribution is 5.87. The van der Waals surface area contributed by atoms with Crippen molar-refractivity contribution in [3.8, 4) is 11.6 Å². The predicted octanol–water partition coefficient (Wildman–Crippen LogP) is 2.32. The lowest BCUT2D eigenvalue weighted by Gasteiger charge is -2.13. The van der Waals surface area contributed by atoms with Gasteiger partial charge in [0.15, 0.2) is 0 Å².